The number of hydrogen-bond acceptors (Lipinski definition) is 3. The van der Waals surface area contributed by atoms with Gasteiger partial charge in [0.05, 0.1) is 4.88 Å². The Morgan fingerprint density at radius 1 is 1.28 bits per heavy atom. The van der Waals surface area contributed by atoms with Crippen molar-refractivity contribution in [3.05, 3.63) is 58.3 Å². The number of carbonyl (C=O) groups is 1. The molecule has 0 saturated heterocycles. The van der Waals surface area contributed by atoms with E-state index in [-0.39, 0.29) is 11.8 Å². The highest BCUT2D eigenvalue weighted by Gasteiger charge is 2.05. The minimum atomic E-state index is -0.165. The summed E-state index contributed by atoms with van der Waals surface area (Å²) in [7, 11) is 0. The first-order chi connectivity index (χ1) is 8.77. The third-order valence-electron chi connectivity index (χ3n) is 2.53. The Hall–Kier alpha value is -1.94. The summed E-state index contributed by atoms with van der Waals surface area (Å²) in [5.74, 6) is 0.0105. The SMILES string of the molecule is C[C@H](/C=N\NC(=O)c1cccs1)c1ccccc1. The molecule has 1 aromatic heterocycles. The quantitative estimate of drug-likeness (QED) is 0.663. The Kier molecular flexibility index (Phi) is 4.25. The highest BCUT2D eigenvalue weighted by atomic mass is 32.1. The average Bonchev–Trinajstić information content (AvgIpc) is 2.93. The van der Waals surface area contributed by atoms with Crippen LogP contribution in [-0.2, 0) is 0 Å². The Morgan fingerprint density at radius 2 is 2.06 bits per heavy atom. The van der Waals surface area contributed by atoms with Crippen LogP contribution >= 0.6 is 11.3 Å². The van der Waals surface area contributed by atoms with E-state index >= 15 is 0 Å². The zero-order chi connectivity index (χ0) is 12.8. The highest BCUT2D eigenvalue weighted by molar-refractivity contribution is 7.12. The second-order valence-corrected chi connectivity index (χ2v) is 4.84. The standard InChI is InChI=1S/C14H14N2OS/c1-11(12-6-3-2-4-7-12)10-15-16-14(17)13-8-5-9-18-13/h2-11H,1H3,(H,16,17)/b15-10-/t11-/m1/s1. The maximum Gasteiger partial charge on any atom is 0.281 e. The number of hydrazone groups is 1. The molecule has 92 valence electrons. The van der Waals surface area contributed by atoms with E-state index in [9.17, 15) is 4.79 Å². The van der Waals surface area contributed by atoms with Gasteiger partial charge in [0.15, 0.2) is 0 Å². The zero-order valence-electron chi connectivity index (χ0n) is 10.0. The molecule has 0 aliphatic carbocycles. The molecule has 0 unspecified atom stereocenters. The maximum absolute atomic E-state index is 11.6. The summed E-state index contributed by atoms with van der Waals surface area (Å²) in [5, 5.41) is 5.85. The van der Waals surface area contributed by atoms with Crippen LogP contribution in [0.15, 0.2) is 52.9 Å². The number of nitrogens with zero attached hydrogens (tertiary/aromatic N) is 1. The van der Waals surface area contributed by atoms with Crippen molar-refractivity contribution in [1.29, 1.82) is 0 Å². The predicted octanol–water partition coefficient (Wildman–Crippen LogP) is 3.27. The molecule has 18 heavy (non-hydrogen) atoms. The Bertz CT molecular complexity index is 520. The molecular weight excluding hydrogens is 244 g/mol. The molecule has 0 saturated carbocycles. The molecule has 2 rings (SSSR count). The molecule has 0 radical (unpaired) electrons. The molecule has 3 nitrogen and oxygen atoms in total. The van der Waals surface area contributed by atoms with Crippen LogP contribution in [0, 0.1) is 0 Å². The summed E-state index contributed by atoms with van der Waals surface area (Å²) in [6.45, 7) is 2.04. The summed E-state index contributed by atoms with van der Waals surface area (Å²) in [6.07, 6.45) is 1.74. The monoisotopic (exact) mass is 258 g/mol. The molecule has 0 aliphatic rings. The first kappa shape index (κ1) is 12.5. The summed E-state index contributed by atoms with van der Waals surface area (Å²) < 4.78 is 0. The van der Waals surface area contributed by atoms with Gasteiger partial charge in [-0.2, -0.15) is 5.10 Å². The van der Waals surface area contributed by atoms with Crippen LogP contribution in [0.25, 0.3) is 0 Å². The van der Waals surface area contributed by atoms with Crippen LogP contribution in [-0.4, -0.2) is 12.1 Å². The fourth-order valence-corrected chi connectivity index (χ4v) is 2.13. The van der Waals surface area contributed by atoms with Gasteiger partial charge < -0.3 is 0 Å². The minimum Gasteiger partial charge on any atom is -0.266 e. The van der Waals surface area contributed by atoms with Crippen LogP contribution in [0.3, 0.4) is 0 Å². The number of amides is 1. The van der Waals surface area contributed by atoms with Gasteiger partial charge in [0.25, 0.3) is 5.91 Å². The largest absolute Gasteiger partial charge is 0.281 e. The lowest BCUT2D eigenvalue weighted by Crippen LogP contribution is -2.16. The van der Waals surface area contributed by atoms with Gasteiger partial charge in [0, 0.05) is 12.1 Å². The first-order valence-corrected chi connectivity index (χ1v) is 6.57. The van der Waals surface area contributed by atoms with Crippen molar-refractivity contribution >= 4 is 23.5 Å². The molecule has 0 fully saturated rings. The topological polar surface area (TPSA) is 41.5 Å². The van der Waals surface area contributed by atoms with Crippen LogP contribution in [0.5, 0.6) is 0 Å². The van der Waals surface area contributed by atoms with Gasteiger partial charge in [-0.15, -0.1) is 11.3 Å². The molecule has 1 N–H and O–H groups in total. The van der Waals surface area contributed by atoms with Gasteiger partial charge in [0.2, 0.25) is 0 Å². The van der Waals surface area contributed by atoms with Crippen LogP contribution in [0.4, 0.5) is 0 Å². The predicted molar refractivity (Wildman–Crippen MR) is 75.1 cm³/mol. The molecule has 0 bridgehead atoms. The van der Waals surface area contributed by atoms with E-state index in [0.717, 1.165) is 0 Å². The second-order valence-electron chi connectivity index (χ2n) is 3.90. The molecule has 0 aliphatic heterocycles. The first-order valence-electron chi connectivity index (χ1n) is 5.69. The smallest absolute Gasteiger partial charge is 0.266 e. The van der Waals surface area contributed by atoms with Crippen LogP contribution in [0.2, 0.25) is 0 Å². The van der Waals surface area contributed by atoms with E-state index in [1.54, 1.807) is 12.3 Å². The third kappa shape index (κ3) is 3.28. The Balaban J connectivity index is 1.90. The normalized spacial score (nSPS) is 12.5. The van der Waals surface area contributed by atoms with E-state index in [0.29, 0.717) is 4.88 Å². The molecule has 4 heteroatoms. The maximum atomic E-state index is 11.6. The molecular formula is C14H14N2OS. The van der Waals surface area contributed by atoms with Gasteiger partial charge in [-0.05, 0) is 17.0 Å². The Labute approximate surface area is 110 Å². The average molecular weight is 258 g/mol. The van der Waals surface area contributed by atoms with Crippen molar-refractivity contribution in [2.75, 3.05) is 0 Å². The summed E-state index contributed by atoms with van der Waals surface area (Å²) >= 11 is 1.40. The summed E-state index contributed by atoms with van der Waals surface area (Å²) in [4.78, 5) is 12.3. The summed E-state index contributed by atoms with van der Waals surface area (Å²) in [5.41, 5.74) is 3.70. The number of hydrogen-bond donors (Lipinski definition) is 1. The number of benzene rings is 1. The van der Waals surface area contributed by atoms with Gasteiger partial charge in [-0.25, -0.2) is 5.43 Å². The molecule has 1 atom stereocenters. The third-order valence-corrected chi connectivity index (χ3v) is 3.40. The van der Waals surface area contributed by atoms with E-state index in [1.807, 2.05) is 48.7 Å². The van der Waals surface area contributed by atoms with Crippen molar-refractivity contribution in [3.63, 3.8) is 0 Å². The fourth-order valence-electron chi connectivity index (χ4n) is 1.51. The van der Waals surface area contributed by atoms with E-state index in [4.69, 9.17) is 0 Å². The lowest BCUT2D eigenvalue weighted by Gasteiger charge is -2.04. The van der Waals surface area contributed by atoms with Crippen molar-refractivity contribution < 1.29 is 4.79 Å². The van der Waals surface area contributed by atoms with E-state index in [2.05, 4.69) is 10.5 Å². The Morgan fingerprint density at radius 3 is 2.72 bits per heavy atom. The van der Waals surface area contributed by atoms with Crippen molar-refractivity contribution in [2.24, 2.45) is 5.10 Å². The van der Waals surface area contributed by atoms with Crippen molar-refractivity contribution in [1.82, 2.24) is 5.43 Å². The lowest BCUT2D eigenvalue weighted by atomic mass is 10.0. The number of rotatable bonds is 4. The van der Waals surface area contributed by atoms with Crippen molar-refractivity contribution in [2.45, 2.75) is 12.8 Å². The molecule has 2 aromatic rings. The molecule has 1 amide bonds. The van der Waals surface area contributed by atoms with Crippen molar-refractivity contribution in [3.8, 4) is 0 Å². The summed E-state index contributed by atoms with van der Waals surface area (Å²) in [6, 6.07) is 13.7. The molecule has 0 spiro atoms. The minimum absolute atomic E-state index is 0.165. The van der Waals surface area contributed by atoms with E-state index < -0.39 is 0 Å². The molecule has 1 aromatic carbocycles. The fraction of sp³-hybridized carbons (Fsp3) is 0.143. The van der Waals surface area contributed by atoms with Gasteiger partial charge in [0.1, 0.15) is 0 Å². The number of thiophene rings is 1. The van der Waals surface area contributed by atoms with Gasteiger partial charge in [-0.3, -0.25) is 4.79 Å². The van der Waals surface area contributed by atoms with Gasteiger partial charge in [-0.1, -0.05) is 43.3 Å². The highest BCUT2D eigenvalue weighted by Crippen LogP contribution is 2.11. The number of carbonyl (C=O) groups excluding carboxylic acids is 1. The van der Waals surface area contributed by atoms with Crippen LogP contribution < -0.4 is 5.43 Å². The number of nitrogens with one attached hydrogen (secondary N) is 1. The van der Waals surface area contributed by atoms with Gasteiger partial charge >= 0.3 is 0 Å². The second kappa shape index (κ2) is 6.12. The van der Waals surface area contributed by atoms with Crippen LogP contribution in [0.1, 0.15) is 28.1 Å². The lowest BCUT2D eigenvalue weighted by molar-refractivity contribution is 0.0959. The zero-order valence-corrected chi connectivity index (χ0v) is 10.9. The van der Waals surface area contributed by atoms with E-state index in [1.165, 1.54) is 16.9 Å². The molecule has 1 heterocycles.